The number of ether oxygens (including phenoxy) is 1. The topological polar surface area (TPSA) is 29.5 Å². The second kappa shape index (κ2) is 5.31. The summed E-state index contributed by atoms with van der Waals surface area (Å²) in [6.45, 7) is 4.02. The van der Waals surface area contributed by atoms with Crippen LogP contribution < -0.4 is 4.74 Å². The van der Waals surface area contributed by atoms with Gasteiger partial charge in [-0.3, -0.25) is 0 Å². The molecule has 1 atom stereocenters. The van der Waals surface area contributed by atoms with Crippen molar-refractivity contribution in [3.8, 4) is 5.75 Å². The minimum atomic E-state index is -0.619. The van der Waals surface area contributed by atoms with Crippen molar-refractivity contribution >= 4 is 0 Å². The second-order valence-corrected chi connectivity index (χ2v) is 5.99. The van der Waals surface area contributed by atoms with Gasteiger partial charge in [0, 0.05) is 6.42 Å². The zero-order chi connectivity index (χ0) is 13.2. The summed E-state index contributed by atoms with van der Waals surface area (Å²) in [7, 11) is 1.69. The van der Waals surface area contributed by atoms with Crippen molar-refractivity contribution in [2.24, 2.45) is 5.92 Å². The van der Waals surface area contributed by atoms with E-state index in [-0.39, 0.29) is 0 Å². The average Bonchev–Trinajstić information content (AvgIpc) is 2.24. The summed E-state index contributed by atoms with van der Waals surface area (Å²) >= 11 is 0. The Labute approximate surface area is 110 Å². The Hall–Kier alpha value is -1.02. The first kappa shape index (κ1) is 13.4. The van der Waals surface area contributed by atoms with Gasteiger partial charge in [0.2, 0.25) is 0 Å². The number of aryl methyl sites for hydroxylation is 1. The number of rotatable bonds is 5. The SMILES string of the molecule is COc1ccc(C)cc1CC(C)(O)CC1CCC1. The third kappa shape index (κ3) is 3.26. The van der Waals surface area contributed by atoms with Gasteiger partial charge in [-0.05, 0) is 37.8 Å². The number of hydrogen-bond acceptors (Lipinski definition) is 2. The van der Waals surface area contributed by atoms with Crippen LogP contribution in [0.25, 0.3) is 0 Å². The lowest BCUT2D eigenvalue weighted by molar-refractivity contribution is 0.0199. The molecule has 1 N–H and O–H groups in total. The number of hydrogen-bond donors (Lipinski definition) is 1. The van der Waals surface area contributed by atoms with Crippen molar-refractivity contribution < 1.29 is 9.84 Å². The van der Waals surface area contributed by atoms with Gasteiger partial charge in [-0.15, -0.1) is 0 Å². The highest BCUT2D eigenvalue weighted by Gasteiger charge is 2.29. The minimum Gasteiger partial charge on any atom is -0.496 e. The summed E-state index contributed by atoms with van der Waals surface area (Å²) < 4.78 is 5.38. The smallest absolute Gasteiger partial charge is 0.122 e. The molecule has 18 heavy (non-hydrogen) atoms. The van der Waals surface area contributed by atoms with Crippen molar-refractivity contribution in [3.63, 3.8) is 0 Å². The van der Waals surface area contributed by atoms with Crippen LogP contribution in [0, 0.1) is 12.8 Å². The van der Waals surface area contributed by atoms with E-state index < -0.39 is 5.60 Å². The lowest BCUT2D eigenvalue weighted by Crippen LogP contribution is -2.32. The van der Waals surface area contributed by atoms with Gasteiger partial charge in [-0.2, -0.15) is 0 Å². The van der Waals surface area contributed by atoms with E-state index >= 15 is 0 Å². The van der Waals surface area contributed by atoms with Crippen LogP contribution >= 0.6 is 0 Å². The molecule has 2 rings (SSSR count). The maximum atomic E-state index is 10.6. The van der Waals surface area contributed by atoms with Gasteiger partial charge in [-0.1, -0.05) is 37.0 Å². The third-order valence-corrected chi connectivity index (χ3v) is 3.96. The van der Waals surface area contributed by atoms with Crippen molar-refractivity contribution in [2.45, 2.75) is 51.6 Å². The van der Waals surface area contributed by atoms with Crippen LogP contribution in [0.15, 0.2) is 18.2 Å². The Morgan fingerprint density at radius 2 is 2.11 bits per heavy atom. The van der Waals surface area contributed by atoms with Crippen LogP contribution in [0.1, 0.15) is 43.7 Å². The van der Waals surface area contributed by atoms with Crippen molar-refractivity contribution in [2.75, 3.05) is 7.11 Å². The van der Waals surface area contributed by atoms with Gasteiger partial charge in [0.25, 0.3) is 0 Å². The van der Waals surface area contributed by atoms with Gasteiger partial charge in [0.05, 0.1) is 12.7 Å². The molecule has 1 aliphatic carbocycles. The fourth-order valence-electron chi connectivity index (χ4n) is 2.85. The van der Waals surface area contributed by atoms with Crippen LogP contribution in [0.2, 0.25) is 0 Å². The van der Waals surface area contributed by atoms with Crippen LogP contribution in [0.4, 0.5) is 0 Å². The quantitative estimate of drug-likeness (QED) is 0.864. The molecule has 0 bridgehead atoms. The summed E-state index contributed by atoms with van der Waals surface area (Å²) in [5.74, 6) is 1.60. The molecule has 1 fully saturated rings. The molecule has 100 valence electrons. The van der Waals surface area contributed by atoms with Crippen LogP contribution in [0.5, 0.6) is 5.75 Å². The lowest BCUT2D eigenvalue weighted by Gasteiger charge is -2.33. The fourth-order valence-corrected chi connectivity index (χ4v) is 2.85. The molecule has 1 aliphatic rings. The van der Waals surface area contributed by atoms with E-state index in [0.717, 1.165) is 23.7 Å². The Kier molecular flexibility index (Phi) is 3.96. The van der Waals surface area contributed by atoms with Crippen molar-refractivity contribution in [3.05, 3.63) is 29.3 Å². The standard InChI is InChI=1S/C16H24O2/c1-12-7-8-15(18-3)14(9-12)11-16(2,17)10-13-5-4-6-13/h7-9,13,17H,4-6,10-11H2,1-3H3. The second-order valence-electron chi connectivity index (χ2n) is 5.99. The first-order chi connectivity index (χ1) is 8.50. The molecule has 0 saturated heterocycles. The molecule has 1 unspecified atom stereocenters. The molecule has 1 aromatic rings. The number of benzene rings is 1. The van der Waals surface area contributed by atoms with Crippen LogP contribution in [-0.2, 0) is 6.42 Å². The molecule has 1 aromatic carbocycles. The Bertz CT molecular complexity index is 406. The summed E-state index contributed by atoms with van der Waals surface area (Å²) in [6, 6.07) is 6.15. The van der Waals surface area contributed by atoms with Gasteiger partial charge in [0.1, 0.15) is 5.75 Å². The van der Waals surface area contributed by atoms with E-state index in [9.17, 15) is 5.11 Å². The van der Waals surface area contributed by atoms with Gasteiger partial charge in [-0.25, -0.2) is 0 Å². The molecule has 0 heterocycles. The summed E-state index contributed by atoms with van der Waals surface area (Å²) in [6.07, 6.45) is 5.47. The number of methoxy groups -OCH3 is 1. The molecule has 1 saturated carbocycles. The molecular formula is C16H24O2. The minimum absolute atomic E-state index is 0.619. The molecule has 2 nitrogen and oxygen atoms in total. The highest BCUT2D eigenvalue weighted by Crippen LogP contribution is 2.36. The number of aliphatic hydroxyl groups is 1. The monoisotopic (exact) mass is 248 g/mol. The van der Waals surface area contributed by atoms with Gasteiger partial charge >= 0.3 is 0 Å². The summed E-state index contributed by atoms with van der Waals surface area (Å²) in [4.78, 5) is 0. The van der Waals surface area contributed by atoms with E-state index in [1.807, 2.05) is 19.1 Å². The molecular weight excluding hydrogens is 224 g/mol. The highest BCUT2D eigenvalue weighted by molar-refractivity contribution is 5.37. The van der Waals surface area contributed by atoms with Gasteiger partial charge in [0.15, 0.2) is 0 Å². The van der Waals surface area contributed by atoms with Gasteiger partial charge < -0.3 is 9.84 Å². The first-order valence-electron chi connectivity index (χ1n) is 6.86. The predicted molar refractivity (Wildman–Crippen MR) is 74.0 cm³/mol. The largest absolute Gasteiger partial charge is 0.496 e. The van der Waals surface area contributed by atoms with E-state index in [1.54, 1.807) is 7.11 Å². The Morgan fingerprint density at radius 1 is 1.39 bits per heavy atom. The maximum Gasteiger partial charge on any atom is 0.122 e. The fraction of sp³-hybridized carbons (Fsp3) is 0.625. The highest BCUT2D eigenvalue weighted by atomic mass is 16.5. The van der Waals surface area contributed by atoms with E-state index in [1.165, 1.54) is 24.8 Å². The first-order valence-corrected chi connectivity index (χ1v) is 6.86. The van der Waals surface area contributed by atoms with Crippen LogP contribution in [0.3, 0.4) is 0 Å². The molecule has 2 heteroatoms. The molecule has 0 spiro atoms. The van der Waals surface area contributed by atoms with E-state index in [0.29, 0.717) is 6.42 Å². The molecule has 0 amide bonds. The third-order valence-electron chi connectivity index (χ3n) is 3.96. The maximum absolute atomic E-state index is 10.6. The zero-order valence-electron chi connectivity index (χ0n) is 11.7. The normalized spacial score (nSPS) is 19.1. The predicted octanol–water partition coefficient (Wildman–Crippen LogP) is 3.49. The van der Waals surface area contributed by atoms with E-state index in [2.05, 4.69) is 13.0 Å². The van der Waals surface area contributed by atoms with Crippen molar-refractivity contribution in [1.29, 1.82) is 0 Å². The summed E-state index contributed by atoms with van der Waals surface area (Å²) in [5.41, 5.74) is 1.71. The van der Waals surface area contributed by atoms with Crippen LogP contribution in [-0.4, -0.2) is 17.8 Å². The molecule has 0 radical (unpaired) electrons. The Balaban J connectivity index is 2.08. The van der Waals surface area contributed by atoms with Crippen molar-refractivity contribution in [1.82, 2.24) is 0 Å². The molecule has 0 aromatic heterocycles. The summed E-state index contributed by atoms with van der Waals surface area (Å²) in [5, 5.41) is 10.6. The average molecular weight is 248 g/mol. The lowest BCUT2D eigenvalue weighted by atomic mass is 9.76. The van der Waals surface area contributed by atoms with E-state index in [4.69, 9.17) is 4.74 Å². The molecule has 0 aliphatic heterocycles. The Morgan fingerprint density at radius 3 is 2.67 bits per heavy atom. The zero-order valence-corrected chi connectivity index (χ0v) is 11.7.